The van der Waals surface area contributed by atoms with Crippen LogP contribution in [0.1, 0.15) is 26.3 Å². The zero-order chi connectivity index (χ0) is 14.8. The third-order valence-electron chi connectivity index (χ3n) is 3.03. The number of carbonyl (C=O) groups is 2. The third kappa shape index (κ3) is 3.29. The maximum absolute atomic E-state index is 12.0. The third-order valence-corrected chi connectivity index (χ3v) is 3.03. The molecule has 2 rings (SSSR count). The lowest BCUT2D eigenvalue weighted by Gasteiger charge is -2.26. The zero-order valence-electron chi connectivity index (χ0n) is 11.8. The molecule has 5 heteroatoms. The van der Waals surface area contributed by atoms with Crippen LogP contribution in [0.5, 0.6) is 0 Å². The first-order valence-electron chi connectivity index (χ1n) is 6.46. The van der Waals surface area contributed by atoms with Crippen LogP contribution in [0.25, 0.3) is 0 Å². The van der Waals surface area contributed by atoms with Crippen LogP contribution in [0, 0.1) is 5.41 Å². The lowest BCUT2D eigenvalue weighted by molar-refractivity contribution is -0.156. The normalized spacial score (nSPS) is 22.1. The Hall–Kier alpha value is -2.04. The molecule has 1 saturated heterocycles. The number of esters is 1. The molecule has 20 heavy (non-hydrogen) atoms. The monoisotopic (exact) mass is 278 g/mol. The van der Waals surface area contributed by atoms with Crippen molar-refractivity contribution in [1.82, 2.24) is 0 Å². The predicted octanol–water partition coefficient (Wildman–Crippen LogP) is 2.68. The summed E-state index contributed by atoms with van der Waals surface area (Å²) in [6, 6.07) is 9.31. The summed E-state index contributed by atoms with van der Waals surface area (Å²) in [6.45, 7) is 5.76. The van der Waals surface area contributed by atoms with Crippen LogP contribution >= 0.6 is 0 Å². The van der Waals surface area contributed by atoms with Crippen LogP contribution in [0.15, 0.2) is 30.3 Å². The first kappa shape index (κ1) is 14.4. The number of cyclic esters (lactones) is 2. The number of ether oxygens (including phenoxy) is 3. The molecular weight excluding hydrogens is 260 g/mol. The fourth-order valence-electron chi connectivity index (χ4n) is 1.97. The molecule has 1 aliphatic rings. The van der Waals surface area contributed by atoms with E-state index in [2.05, 4.69) is 0 Å². The molecule has 0 aliphatic carbocycles. The van der Waals surface area contributed by atoms with E-state index in [4.69, 9.17) is 14.2 Å². The van der Waals surface area contributed by atoms with Crippen molar-refractivity contribution in [1.29, 1.82) is 0 Å². The quantitative estimate of drug-likeness (QED) is 0.795. The summed E-state index contributed by atoms with van der Waals surface area (Å²) in [5, 5.41) is 0. The molecule has 0 N–H and O–H groups in total. The summed E-state index contributed by atoms with van der Waals surface area (Å²) >= 11 is 0. The minimum atomic E-state index is -1.01. The van der Waals surface area contributed by atoms with E-state index in [0.29, 0.717) is 0 Å². The van der Waals surface area contributed by atoms with Crippen molar-refractivity contribution in [3.05, 3.63) is 35.9 Å². The van der Waals surface area contributed by atoms with Gasteiger partial charge in [-0.2, -0.15) is 0 Å². The van der Waals surface area contributed by atoms with Gasteiger partial charge >= 0.3 is 12.1 Å². The number of rotatable bonds is 3. The first-order chi connectivity index (χ1) is 9.38. The first-order valence-corrected chi connectivity index (χ1v) is 6.46. The van der Waals surface area contributed by atoms with Gasteiger partial charge in [0.1, 0.15) is 6.61 Å². The number of hydrogen-bond acceptors (Lipinski definition) is 5. The van der Waals surface area contributed by atoms with Gasteiger partial charge < -0.3 is 14.2 Å². The van der Waals surface area contributed by atoms with E-state index in [1.165, 1.54) is 0 Å². The van der Waals surface area contributed by atoms with Gasteiger partial charge in [0.2, 0.25) is 6.10 Å². The summed E-state index contributed by atoms with van der Waals surface area (Å²) in [4.78, 5) is 23.3. The molecule has 1 aromatic carbocycles. The molecule has 1 aromatic rings. The van der Waals surface area contributed by atoms with Crippen LogP contribution in [0.3, 0.4) is 0 Å². The van der Waals surface area contributed by atoms with Crippen molar-refractivity contribution in [3.8, 4) is 0 Å². The Morgan fingerprint density at radius 3 is 2.45 bits per heavy atom. The van der Waals surface area contributed by atoms with Crippen molar-refractivity contribution in [2.24, 2.45) is 5.41 Å². The molecule has 0 bridgehead atoms. The van der Waals surface area contributed by atoms with E-state index in [1.807, 2.05) is 51.1 Å². The lowest BCUT2D eigenvalue weighted by atomic mass is 9.86. The SMILES string of the molecule is CC(C)(C)C1OC(=O)OC1C(=O)OCc1ccccc1. The van der Waals surface area contributed by atoms with Gasteiger partial charge in [0.25, 0.3) is 0 Å². The van der Waals surface area contributed by atoms with E-state index >= 15 is 0 Å². The minimum Gasteiger partial charge on any atom is -0.458 e. The van der Waals surface area contributed by atoms with E-state index in [1.54, 1.807) is 0 Å². The average molecular weight is 278 g/mol. The minimum absolute atomic E-state index is 0.143. The summed E-state index contributed by atoms with van der Waals surface area (Å²) in [5.41, 5.74) is 0.473. The molecule has 0 spiro atoms. The topological polar surface area (TPSA) is 61.8 Å². The van der Waals surface area contributed by atoms with Crippen LogP contribution in [0.2, 0.25) is 0 Å². The Kier molecular flexibility index (Phi) is 3.97. The Bertz CT molecular complexity index is 489. The van der Waals surface area contributed by atoms with Crippen LogP contribution in [-0.4, -0.2) is 24.3 Å². The van der Waals surface area contributed by atoms with Gasteiger partial charge in [-0.25, -0.2) is 9.59 Å². The molecule has 2 unspecified atom stereocenters. The van der Waals surface area contributed by atoms with E-state index < -0.39 is 29.7 Å². The van der Waals surface area contributed by atoms with Gasteiger partial charge in [0.15, 0.2) is 6.10 Å². The van der Waals surface area contributed by atoms with Crippen molar-refractivity contribution < 1.29 is 23.8 Å². The van der Waals surface area contributed by atoms with Gasteiger partial charge in [-0.05, 0) is 5.56 Å². The Morgan fingerprint density at radius 1 is 1.20 bits per heavy atom. The molecule has 0 amide bonds. The van der Waals surface area contributed by atoms with Gasteiger partial charge in [0, 0.05) is 5.41 Å². The predicted molar refractivity (Wildman–Crippen MR) is 70.8 cm³/mol. The highest BCUT2D eigenvalue weighted by Crippen LogP contribution is 2.32. The second-order valence-electron chi connectivity index (χ2n) is 5.79. The van der Waals surface area contributed by atoms with Crippen molar-refractivity contribution >= 4 is 12.1 Å². The number of benzene rings is 1. The summed E-state index contributed by atoms with van der Waals surface area (Å²) < 4.78 is 15.2. The van der Waals surface area contributed by atoms with Gasteiger partial charge in [-0.3, -0.25) is 0 Å². The molecule has 1 heterocycles. The highest BCUT2D eigenvalue weighted by Gasteiger charge is 2.49. The maximum Gasteiger partial charge on any atom is 0.509 e. The maximum atomic E-state index is 12.0. The Labute approximate surface area is 117 Å². The molecule has 1 fully saturated rings. The Morgan fingerprint density at radius 2 is 1.85 bits per heavy atom. The van der Waals surface area contributed by atoms with E-state index in [9.17, 15) is 9.59 Å². The van der Waals surface area contributed by atoms with Gasteiger partial charge in [-0.1, -0.05) is 51.1 Å². The average Bonchev–Trinajstić information content (AvgIpc) is 2.79. The van der Waals surface area contributed by atoms with Crippen LogP contribution < -0.4 is 0 Å². The highest BCUT2D eigenvalue weighted by molar-refractivity contribution is 5.80. The van der Waals surface area contributed by atoms with E-state index in [0.717, 1.165) is 5.56 Å². The van der Waals surface area contributed by atoms with Crippen LogP contribution in [0.4, 0.5) is 4.79 Å². The molecule has 1 aliphatic heterocycles. The Balaban J connectivity index is 1.99. The van der Waals surface area contributed by atoms with Crippen LogP contribution in [-0.2, 0) is 25.6 Å². The van der Waals surface area contributed by atoms with Gasteiger partial charge in [0.05, 0.1) is 0 Å². The van der Waals surface area contributed by atoms with E-state index in [-0.39, 0.29) is 6.61 Å². The molecular formula is C15H18O5. The summed E-state index contributed by atoms with van der Waals surface area (Å²) in [5.74, 6) is -0.584. The molecule has 0 aromatic heterocycles. The fourth-order valence-corrected chi connectivity index (χ4v) is 1.97. The zero-order valence-corrected chi connectivity index (χ0v) is 11.8. The smallest absolute Gasteiger partial charge is 0.458 e. The fraction of sp³-hybridized carbons (Fsp3) is 0.467. The summed E-state index contributed by atoms with van der Waals surface area (Å²) in [7, 11) is 0. The molecule has 0 saturated carbocycles. The lowest BCUT2D eigenvalue weighted by Crippen LogP contribution is -2.41. The standard InChI is InChI=1S/C15H18O5/c1-15(2,3)12-11(19-14(17)20-12)13(16)18-9-10-7-5-4-6-8-10/h4-8,11-12H,9H2,1-3H3. The van der Waals surface area contributed by atoms with Crippen molar-refractivity contribution in [3.63, 3.8) is 0 Å². The second-order valence-corrected chi connectivity index (χ2v) is 5.79. The van der Waals surface area contributed by atoms with Gasteiger partial charge in [-0.15, -0.1) is 0 Å². The molecule has 108 valence electrons. The summed E-state index contributed by atoms with van der Waals surface area (Å²) in [6.07, 6.45) is -2.48. The molecule has 0 radical (unpaired) electrons. The highest BCUT2D eigenvalue weighted by atomic mass is 16.8. The second kappa shape index (κ2) is 5.53. The molecule has 5 nitrogen and oxygen atoms in total. The number of hydrogen-bond donors (Lipinski definition) is 0. The molecule has 2 atom stereocenters. The largest absolute Gasteiger partial charge is 0.509 e. The number of carbonyl (C=O) groups excluding carboxylic acids is 2. The van der Waals surface area contributed by atoms with Crippen molar-refractivity contribution in [2.45, 2.75) is 39.6 Å². The van der Waals surface area contributed by atoms with Crippen molar-refractivity contribution in [2.75, 3.05) is 0 Å².